The average Bonchev–Trinajstić information content (AvgIpc) is 2.94. The molecule has 0 bridgehead atoms. The quantitative estimate of drug-likeness (QED) is 0.500. The second-order valence-corrected chi connectivity index (χ2v) is 7.05. The van der Waals surface area contributed by atoms with Gasteiger partial charge < -0.3 is 4.74 Å². The number of thiazole rings is 1. The van der Waals surface area contributed by atoms with Gasteiger partial charge in [-0.3, -0.25) is 0 Å². The van der Waals surface area contributed by atoms with E-state index in [1.165, 1.54) is 23.5 Å². The van der Waals surface area contributed by atoms with Crippen LogP contribution >= 0.6 is 27.3 Å². The van der Waals surface area contributed by atoms with E-state index >= 15 is 0 Å². The second-order valence-electron chi connectivity index (χ2n) is 5.15. The van der Waals surface area contributed by atoms with Gasteiger partial charge in [-0.05, 0) is 35.9 Å². The van der Waals surface area contributed by atoms with Crippen LogP contribution in [0.2, 0.25) is 0 Å². The molecule has 1 heterocycles. The van der Waals surface area contributed by atoms with Crippen LogP contribution in [-0.2, 0) is 12.6 Å². The molecule has 3 rings (SSSR count). The Bertz CT molecular complexity index is 830. The summed E-state index contributed by atoms with van der Waals surface area (Å²) in [4.78, 5) is 4.53. The molecular weight excluding hydrogens is 403 g/mol. The van der Waals surface area contributed by atoms with Crippen molar-refractivity contribution in [2.75, 3.05) is 11.9 Å². The Morgan fingerprint density at radius 2 is 1.83 bits per heavy atom. The number of rotatable bonds is 5. The summed E-state index contributed by atoms with van der Waals surface area (Å²) in [5.41, 5.74) is 1.04. The number of aromatic nitrogens is 1. The SMILES string of the molecule is FC(F)(F)c1ccc(Cc2nc3ccc(OCCBr)cc3s2)cc1. The summed E-state index contributed by atoms with van der Waals surface area (Å²) in [7, 11) is 0. The van der Waals surface area contributed by atoms with E-state index in [4.69, 9.17) is 4.74 Å². The van der Waals surface area contributed by atoms with Crippen molar-refractivity contribution >= 4 is 37.5 Å². The van der Waals surface area contributed by atoms with Gasteiger partial charge in [-0.15, -0.1) is 11.3 Å². The molecule has 0 saturated carbocycles. The van der Waals surface area contributed by atoms with Crippen LogP contribution in [0.1, 0.15) is 16.1 Å². The predicted molar refractivity (Wildman–Crippen MR) is 93.2 cm³/mol. The average molecular weight is 416 g/mol. The zero-order valence-electron chi connectivity index (χ0n) is 12.4. The highest BCUT2D eigenvalue weighted by atomic mass is 79.9. The van der Waals surface area contributed by atoms with E-state index in [2.05, 4.69) is 20.9 Å². The van der Waals surface area contributed by atoms with Crippen molar-refractivity contribution < 1.29 is 17.9 Å². The summed E-state index contributed by atoms with van der Waals surface area (Å²) >= 11 is 4.83. The van der Waals surface area contributed by atoms with Crippen LogP contribution in [-0.4, -0.2) is 16.9 Å². The number of nitrogens with zero attached hydrogens (tertiary/aromatic N) is 1. The Morgan fingerprint density at radius 1 is 1.08 bits per heavy atom. The molecule has 0 amide bonds. The monoisotopic (exact) mass is 415 g/mol. The summed E-state index contributed by atoms with van der Waals surface area (Å²) in [5.74, 6) is 0.784. The summed E-state index contributed by atoms with van der Waals surface area (Å²) in [6, 6.07) is 10.9. The highest BCUT2D eigenvalue weighted by molar-refractivity contribution is 9.09. The lowest BCUT2D eigenvalue weighted by Crippen LogP contribution is -2.04. The van der Waals surface area contributed by atoms with Crippen molar-refractivity contribution in [2.45, 2.75) is 12.6 Å². The van der Waals surface area contributed by atoms with Gasteiger partial charge in [0.1, 0.15) is 5.75 Å². The number of halogens is 4. The van der Waals surface area contributed by atoms with E-state index < -0.39 is 11.7 Å². The maximum atomic E-state index is 12.6. The zero-order valence-corrected chi connectivity index (χ0v) is 14.8. The molecule has 0 saturated heterocycles. The molecule has 0 aliphatic carbocycles. The Balaban J connectivity index is 1.77. The molecule has 0 aliphatic rings. The van der Waals surface area contributed by atoms with Crippen LogP contribution < -0.4 is 4.74 Å². The van der Waals surface area contributed by atoms with Crippen LogP contribution in [0.15, 0.2) is 42.5 Å². The maximum Gasteiger partial charge on any atom is 0.416 e. The first kappa shape index (κ1) is 17.2. The molecule has 2 aromatic carbocycles. The largest absolute Gasteiger partial charge is 0.493 e. The normalized spacial score (nSPS) is 11.8. The third-order valence-electron chi connectivity index (χ3n) is 3.39. The van der Waals surface area contributed by atoms with Gasteiger partial charge in [0, 0.05) is 11.8 Å². The number of ether oxygens (including phenoxy) is 1. The minimum Gasteiger partial charge on any atom is -0.493 e. The predicted octanol–water partition coefficient (Wildman–Crippen LogP) is 5.68. The van der Waals surface area contributed by atoms with Crippen LogP contribution in [0.3, 0.4) is 0 Å². The van der Waals surface area contributed by atoms with Crippen LogP contribution in [0.25, 0.3) is 10.2 Å². The van der Waals surface area contributed by atoms with E-state index in [1.54, 1.807) is 0 Å². The van der Waals surface area contributed by atoms with Gasteiger partial charge in [0.25, 0.3) is 0 Å². The first-order chi connectivity index (χ1) is 11.5. The van der Waals surface area contributed by atoms with Gasteiger partial charge >= 0.3 is 6.18 Å². The highest BCUT2D eigenvalue weighted by Crippen LogP contribution is 2.31. The molecule has 0 aliphatic heterocycles. The van der Waals surface area contributed by atoms with Crippen LogP contribution in [0.4, 0.5) is 13.2 Å². The van der Waals surface area contributed by atoms with E-state index in [0.29, 0.717) is 13.0 Å². The molecule has 0 spiro atoms. The van der Waals surface area contributed by atoms with Crippen molar-refractivity contribution in [3.8, 4) is 5.75 Å². The molecule has 7 heteroatoms. The van der Waals surface area contributed by atoms with E-state index in [9.17, 15) is 13.2 Å². The van der Waals surface area contributed by atoms with Crippen molar-refractivity contribution in [1.82, 2.24) is 4.98 Å². The second kappa shape index (κ2) is 7.11. The highest BCUT2D eigenvalue weighted by Gasteiger charge is 2.29. The molecule has 0 unspecified atom stereocenters. The molecule has 0 fully saturated rings. The first-order valence-corrected chi connectivity index (χ1v) is 9.14. The minimum absolute atomic E-state index is 0.509. The summed E-state index contributed by atoms with van der Waals surface area (Å²) in [6.07, 6.45) is -3.80. The number of fused-ring (bicyclic) bond motifs is 1. The molecule has 0 atom stereocenters. The van der Waals surface area contributed by atoms with Gasteiger partial charge in [0.2, 0.25) is 0 Å². The first-order valence-electron chi connectivity index (χ1n) is 7.20. The van der Waals surface area contributed by atoms with Gasteiger partial charge in [-0.1, -0.05) is 28.1 Å². The molecule has 126 valence electrons. The fourth-order valence-corrected chi connectivity index (χ4v) is 3.45. The number of hydrogen-bond acceptors (Lipinski definition) is 3. The summed E-state index contributed by atoms with van der Waals surface area (Å²) in [5, 5.41) is 1.62. The zero-order chi connectivity index (χ0) is 17.2. The Labute approximate surface area is 149 Å². The molecule has 0 radical (unpaired) electrons. The molecule has 3 aromatic rings. The lowest BCUT2D eigenvalue weighted by molar-refractivity contribution is -0.137. The lowest BCUT2D eigenvalue weighted by atomic mass is 10.1. The van der Waals surface area contributed by atoms with Gasteiger partial charge in [-0.2, -0.15) is 13.2 Å². The van der Waals surface area contributed by atoms with Crippen LogP contribution in [0, 0.1) is 0 Å². The van der Waals surface area contributed by atoms with Gasteiger partial charge in [0.15, 0.2) is 0 Å². The third-order valence-corrected chi connectivity index (χ3v) is 4.73. The van der Waals surface area contributed by atoms with Crippen molar-refractivity contribution in [1.29, 1.82) is 0 Å². The maximum absolute atomic E-state index is 12.6. The minimum atomic E-state index is -4.31. The van der Waals surface area contributed by atoms with Crippen molar-refractivity contribution in [3.63, 3.8) is 0 Å². The molecule has 1 aromatic heterocycles. The lowest BCUT2D eigenvalue weighted by Gasteiger charge is -2.06. The fraction of sp³-hybridized carbons (Fsp3) is 0.235. The Kier molecular flexibility index (Phi) is 5.10. The molecule has 24 heavy (non-hydrogen) atoms. The number of hydrogen-bond donors (Lipinski definition) is 0. The fourth-order valence-electron chi connectivity index (χ4n) is 2.26. The van der Waals surface area contributed by atoms with Gasteiger partial charge in [-0.25, -0.2) is 4.98 Å². The standard InChI is InChI=1S/C17H13BrF3NOS/c18-7-8-23-13-5-6-14-15(10-13)24-16(22-14)9-11-1-3-12(4-2-11)17(19,20)21/h1-6,10H,7-9H2. The van der Waals surface area contributed by atoms with E-state index in [1.807, 2.05) is 18.2 Å². The summed E-state index contributed by atoms with van der Waals surface area (Å²) in [6.45, 7) is 0.586. The molecule has 2 nitrogen and oxygen atoms in total. The smallest absolute Gasteiger partial charge is 0.416 e. The summed E-state index contributed by atoms with van der Waals surface area (Å²) < 4.78 is 44.3. The molecular formula is C17H13BrF3NOS. The Morgan fingerprint density at radius 3 is 2.50 bits per heavy atom. The van der Waals surface area contributed by atoms with Crippen molar-refractivity contribution in [2.24, 2.45) is 0 Å². The van der Waals surface area contributed by atoms with Gasteiger partial charge in [0.05, 0.1) is 27.4 Å². The number of benzene rings is 2. The topological polar surface area (TPSA) is 22.1 Å². The molecule has 0 N–H and O–H groups in total. The van der Waals surface area contributed by atoms with E-state index in [-0.39, 0.29) is 0 Å². The number of alkyl halides is 4. The van der Waals surface area contributed by atoms with Crippen LogP contribution in [0.5, 0.6) is 5.75 Å². The third kappa shape index (κ3) is 4.08. The Hall–Kier alpha value is -1.60. The van der Waals surface area contributed by atoms with E-state index in [0.717, 1.165) is 44.0 Å². The van der Waals surface area contributed by atoms with Crippen molar-refractivity contribution in [3.05, 3.63) is 58.6 Å².